The maximum absolute atomic E-state index is 12.7. The van der Waals surface area contributed by atoms with E-state index in [1.54, 1.807) is 60.1 Å². The van der Waals surface area contributed by atoms with Crippen molar-refractivity contribution in [3.63, 3.8) is 0 Å². The van der Waals surface area contributed by atoms with Crippen LogP contribution in [0.5, 0.6) is 11.5 Å². The van der Waals surface area contributed by atoms with Crippen LogP contribution in [0.4, 0.5) is 0 Å². The Morgan fingerprint density at radius 2 is 1.76 bits per heavy atom. The smallest absolute Gasteiger partial charge is 0.239 e. The largest absolute Gasteiger partial charge is 0.497 e. The third-order valence-electron chi connectivity index (χ3n) is 3.72. The highest BCUT2D eigenvalue weighted by molar-refractivity contribution is 7.88. The second kappa shape index (κ2) is 8.05. The molecule has 1 rings (SSSR count). The first kappa shape index (κ1) is 21.2. The van der Waals surface area contributed by atoms with Gasteiger partial charge in [0.1, 0.15) is 17.5 Å². The average Bonchev–Trinajstić information content (AvgIpc) is 2.49. The Bertz CT molecular complexity index is 710. The van der Waals surface area contributed by atoms with Gasteiger partial charge in [-0.1, -0.05) is 20.8 Å². The lowest BCUT2D eigenvalue weighted by molar-refractivity contribution is -0.125. The number of hydrogen-bond donors (Lipinski definition) is 2. The van der Waals surface area contributed by atoms with Gasteiger partial charge in [0, 0.05) is 5.56 Å². The van der Waals surface area contributed by atoms with Crippen molar-refractivity contribution in [1.82, 2.24) is 10.0 Å². The van der Waals surface area contributed by atoms with Crippen molar-refractivity contribution < 1.29 is 22.7 Å². The summed E-state index contributed by atoms with van der Waals surface area (Å²) in [6.45, 7) is 7.19. The van der Waals surface area contributed by atoms with Crippen molar-refractivity contribution in [2.75, 3.05) is 20.5 Å². The molecule has 2 unspecified atom stereocenters. The topological polar surface area (TPSA) is 93.7 Å². The van der Waals surface area contributed by atoms with Crippen molar-refractivity contribution in [1.29, 1.82) is 0 Å². The number of amides is 1. The molecule has 0 saturated carbocycles. The second-order valence-electron chi connectivity index (χ2n) is 7.03. The number of sulfonamides is 1. The summed E-state index contributed by atoms with van der Waals surface area (Å²) in [5.41, 5.74) is 0.146. The minimum Gasteiger partial charge on any atom is -0.497 e. The van der Waals surface area contributed by atoms with Crippen molar-refractivity contribution >= 4 is 15.9 Å². The Morgan fingerprint density at radius 3 is 2.20 bits per heavy atom. The van der Waals surface area contributed by atoms with E-state index >= 15 is 0 Å². The summed E-state index contributed by atoms with van der Waals surface area (Å²) in [5, 5.41) is 2.85. The van der Waals surface area contributed by atoms with Crippen molar-refractivity contribution in [3.8, 4) is 11.5 Å². The molecule has 0 radical (unpaired) electrons. The fourth-order valence-electron chi connectivity index (χ4n) is 2.39. The molecule has 0 bridgehead atoms. The summed E-state index contributed by atoms with van der Waals surface area (Å²) in [7, 11) is -0.430. The van der Waals surface area contributed by atoms with E-state index in [1.165, 1.54) is 0 Å². The van der Waals surface area contributed by atoms with Crippen LogP contribution in [-0.2, 0) is 14.8 Å². The molecule has 1 aromatic rings. The highest BCUT2D eigenvalue weighted by Gasteiger charge is 2.34. The monoisotopic (exact) mass is 372 g/mol. The minimum absolute atomic E-state index is 0.399. The van der Waals surface area contributed by atoms with Gasteiger partial charge in [0.15, 0.2) is 0 Å². The summed E-state index contributed by atoms with van der Waals surface area (Å²) >= 11 is 0. The normalized spacial score (nSPS) is 14.5. The minimum atomic E-state index is -3.53. The lowest BCUT2D eigenvalue weighted by atomic mass is 9.86. The molecule has 0 aliphatic heterocycles. The Morgan fingerprint density at radius 1 is 1.16 bits per heavy atom. The van der Waals surface area contributed by atoms with Crippen LogP contribution in [0.3, 0.4) is 0 Å². The van der Waals surface area contributed by atoms with E-state index in [9.17, 15) is 13.2 Å². The highest BCUT2D eigenvalue weighted by atomic mass is 32.2. The van der Waals surface area contributed by atoms with Gasteiger partial charge in [0.2, 0.25) is 15.9 Å². The van der Waals surface area contributed by atoms with Gasteiger partial charge in [-0.3, -0.25) is 4.79 Å². The molecule has 25 heavy (non-hydrogen) atoms. The molecular weight excluding hydrogens is 344 g/mol. The number of hydrogen-bond acceptors (Lipinski definition) is 5. The van der Waals surface area contributed by atoms with Gasteiger partial charge < -0.3 is 14.8 Å². The molecular formula is C17H28N2O5S. The first-order chi connectivity index (χ1) is 11.4. The molecule has 0 aliphatic carbocycles. The van der Waals surface area contributed by atoms with E-state index < -0.39 is 33.4 Å². The second-order valence-corrected chi connectivity index (χ2v) is 8.81. The van der Waals surface area contributed by atoms with Crippen molar-refractivity contribution in [2.24, 2.45) is 5.41 Å². The fraction of sp³-hybridized carbons (Fsp3) is 0.588. The van der Waals surface area contributed by atoms with Crippen LogP contribution in [0.15, 0.2) is 18.2 Å². The molecule has 7 nitrogen and oxygen atoms in total. The summed E-state index contributed by atoms with van der Waals surface area (Å²) in [5.74, 6) is 0.839. The molecule has 0 heterocycles. The number of nitrogens with one attached hydrogen (secondary N) is 2. The third-order valence-corrected chi connectivity index (χ3v) is 4.39. The van der Waals surface area contributed by atoms with E-state index in [-0.39, 0.29) is 0 Å². The van der Waals surface area contributed by atoms with Crippen LogP contribution in [0, 0.1) is 5.41 Å². The quantitative estimate of drug-likeness (QED) is 0.762. The number of carbonyl (C=O) groups excluding carboxylic acids is 1. The first-order valence-corrected chi connectivity index (χ1v) is 9.77. The summed E-state index contributed by atoms with van der Waals surface area (Å²) in [4.78, 5) is 12.7. The third kappa shape index (κ3) is 6.21. The molecule has 0 aromatic heterocycles. The SMILES string of the molecule is COc1ccc(OC)c(C(C)NC(=O)C(NS(C)(=O)=O)C(C)(C)C)c1. The Balaban J connectivity index is 3.08. The van der Waals surface area contributed by atoms with Crippen LogP contribution in [0.25, 0.3) is 0 Å². The summed E-state index contributed by atoms with van der Waals surface area (Å²) < 4.78 is 36.2. The molecule has 0 spiro atoms. The van der Waals surface area contributed by atoms with E-state index in [2.05, 4.69) is 10.0 Å². The molecule has 2 atom stereocenters. The molecule has 8 heteroatoms. The number of carbonyl (C=O) groups is 1. The Labute approximate surface area is 150 Å². The Hall–Kier alpha value is -1.80. The highest BCUT2D eigenvalue weighted by Crippen LogP contribution is 2.30. The molecule has 1 amide bonds. The van der Waals surface area contributed by atoms with Gasteiger partial charge in [-0.2, -0.15) is 0 Å². The summed E-state index contributed by atoms with van der Waals surface area (Å²) in [6, 6.07) is 4.00. The van der Waals surface area contributed by atoms with E-state index in [1.807, 2.05) is 0 Å². The predicted molar refractivity (Wildman–Crippen MR) is 97.3 cm³/mol. The zero-order chi connectivity index (χ0) is 19.4. The number of benzene rings is 1. The van der Waals surface area contributed by atoms with Gasteiger partial charge >= 0.3 is 0 Å². The van der Waals surface area contributed by atoms with Gasteiger partial charge in [0.25, 0.3) is 0 Å². The van der Waals surface area contributed by atoms with Crippen molar-refractivity contribution in [3.05, 3.63) is 23.8 Å². The molecule has 0 aliphatic rings. The van der Waals surface area contributed by atoms with Gasteiger partial charge in [-0.25, -0.2) is 13.1 Å². The van der Waals surface area contributed by atoms with Crippen LogP contribution in [-0.4, -0.2) is 40.8 Å². The molecule has 2 N–H and O–H groups in total. The number of ether oxygens (including phenoxy) is 2. The zero-order valence-electron chi connectivity index (χ0n) is 15.8. The lowest BCUT2D eigenvalue weighted by Crippen LogP contribution is -2.53. The average molecular weight is 372 g/mol. The lowest BCUT2D eigenvalue weighted by Gasteiger charge is -2.31. The predicted octanol–water partition coefficient (Wildman–Crippen LogP) is 1.84. The molecule has 142 valence electrons. The van der Waals surface area contributed by atoms with Gasteiger partial charge in [0.05, 0.1) is 26.5 Å². The van der Waals surface area contributed by atoms with Crippen LogP contribution < -0.4 is 19.5 Å². The Kier molecular flexibility index (Phi) is 6.84. The number of rotatable bonds is 7. The zero-order valence-corrected chi connectivity index (χ0v) is 16.7. The standard InChI is InChI=1S/C17H28N2O5S/c1-11(13-10-12(23-5)8-9-14(13)24-6)18-16(20)15(17(2,3)4)19-25(7,21)22/h8-11,15,19H,1-7H3,(H,18,20). The first-order valence-electron chi connectivity index (χ1n) is 7.88. The maximum Gasteiger partial charge on any atom is 0.239 e. The van der Waals surface area contributed by atoms with Crippen LogP contribution in [0.2, 0.25) is 0 Å². The van der Waals surface area contributed by atoms with E-state index in [0.29, 0.717) is 11.5 Å². The van der Waals surface area contributed by atoms with Crippen LogP contribution in [0.1, 0.15) is 39.3 Å². The maximum atomic E-state index is 12.7. The van der Waals surface area contributed by atoms with Gasteiger partial charge in [-0.05, 0) is 30.5 Å². The number of methoxy groups -OCH3 is 2. The molecule has 0 fully saturated rings. The van der Waals surface area contributed by atoms with Crippen LogP contribution >= 0.6 is 0 Å². The van der Waals surface area contributed by atoms with E-state index in [0.717, 1.165) is 11.8 Å². The van der Waals surface area contributed by atoms with Crippen molar-refractivity contribution in [2.45, 2.75) is 39.8 Å². The molecule has 0 saturated heterocycles. The molecule has 1 aromatic carbocycles. The summed E-state index contributed by atoms with van der Waals surface area (Å²) in [6.07, 6.45) is 1.04. The van der Waals surface area contributed by atoms with Gasteiger partial charge in [-0.15, -0.1) is 0 Å². The fourth-order valence-corrected chi connectivity index (χ4v) is 3.28. The van der Waals surface area contributed by atoms with E-state index in [4.69, 9.17) is 9.47 Å².